The molecule has 0 saturated carbocycles. The third-order valence-electron chi connectivity index (χ3n) is 2.09. The monoisotopic (exact) mass is 227 g/mol. The summed E-state index contributed by atoms with van der Waals surface area (Å²) >= 11 is 0. The van der Waals surface area contributed by atoms with Gasteiger partial charge >= 0.3 is 0 Å². The molecule has 0 saturated heterocycles. The molecule has 0 aliphatic rings. The van der Waals surface area contributed by atoms with E-state index < -0.39 is 0 Å². The van der Waals surface area contributed by atoms with Crippen LogP contribution < -0.4 is 5.32 Å². The molecule has 92 valence electrons. The minimum Gasteiger partial charge on any atom is -0.385 e. The maximum atomic E-state index is 11.4. The quantitative estimate of drug-likeness (QED) is 0.578. The smallest absolute Gasteiger partial charge is 0.234 e. The Labute approximate surface area is 97.4 Å². The Morgan fingerprint density at radius 1 is 1.50 bits per heavy atom. The third kappa shape index (κ3) is 9.44. The minimum atomic E-state index is 0.0237. The highest BCUT2D eigenvalue weighted by Gasteiger charge is 2.04. The molecule has 0 aromatic carbocycles. The first kappa shape index (κ1) is 14.9. The van der Waals surface area contributed by atoms with Crippen molar-refractivity contribution in [3.63, 3.8) is 0 Å². The van der Waals surface area contributed by atoms with Crippen LogP contribution in [0.1, 0.15) is 19.3 Å². The maximum Gasteiger partial charge on any atom is 0.234 e. The fourth-order valence-electron chi connectivity index (χ4n) is 1.25. The van der Waals surface area contributed by atoms with Crippen LogP contribution in [-0.4, -0.2) is 51.2 Å². The van der Waals surface area contributed by atoms with Crippen molar-refractivity contribution in [1.82, 2.24) is 10.2 Å². The summed E-state index contributed by atoms with van der Waals surface area (Å²) in [5.41, 5.74) is 0. The van der Waals surface area contributed by atoms with Crippen LogP contribution in [0.3, 0.4) is 0 Å². The molecule has 1 N–H and O–H groups in total. The standard InChI is InChI=1S/C11H21N3O2/c1-14(8-4-3-6-12)10-11(15)13-7-5-9-16-2/h3-5,7-10H2,1-2H3,(H,13,15). The van der Waals surface area contributed by atoms with Crippen molar-refractivity contribution < 1.29 is 9.53 Å². The van der Waals surface area contributed by atoms with E-state index in [-0.39, 0.29) is 5.91 Å². The van der Waals surface area contributed by atoms with Crippen LogP contribution in [0.15, 0.2) is 0 Å². The van der Waals surface area contributed by atoms with E-state index in [2.05, 4.69) is 11.4 Å². The van der Waals surface area contributed by atoms with Gasteiger partial charge in [-0.1, -0.05) is 0 Å². The molecule has 0 fully saturated rings. The lowest BCUT2D eigenvalue weighted by Crippen LogP contribution is -2.36. The Morgan fingerprint density at radius 2 is 2.25 bits per heavy atom. The van der Waals surface area contributed by atoms with Crippen molar-refractivity contribution in [1.29, 1.82) is 5.26 Å². The number of nitrogens with one attached hydrogen (secondary N) is 1. The molecule has 0 heterocycles. The second-order valence-corrected chi connectivity index (χ2v) is 3.70. The molecule has 0 aromatic rings. The highest BCUT2D eigenvalue weighted by molar-refractivity contribution is 5.77. The van der Waals surface area contributed by atoms with E-state index in [1.165, 1.54) is 0 Å². The van der Waals surface area contributed by atoms with Crippen LogP contribution in [0.2, 0.25) is 0 Å². The molecule has 0 aliphatic heterocycles. The van der Waals surface area contributed by atoms with Crippen LogP contribution in [0.4, 0.5) is 0 Å². The lowest BCUT2D eigenvalue weighted by molar-refractivity contribution is -0.122. The summed E-state index contributed by atoms with van der Waals surface area (Å²) in [5.74, 6) is 0.0237. The van der Waals surface area contributed by atoms with Crippen molar-refractivity contribution in [2.24, 2.45) is 0 Å². The number of nitrogens with zero attached hydrogens (tertiary/aromatic N) is 2. The highest BCUT2D eigenvalue weighted by Crippen LogP contribution is 1.91. The minimum absolute atomic E-state index is 0.0237. The van der Waals surface area contributed by atoms with Crippen molar-refractivity contribution in [2.75, 3.05) is 40.4 Å². The van der Waals surface area contributed by atoms with E-state index in [0.29, 0.717) is 26.1 Å². The first-order chi connectivity index (χ1) is 7.70. The molecule has 0 spiro atoms. The van der Waals surface area contributed by atoms with Crippen LogP contribution in [0, 0.1) is 11.3 Å². The normalized spacial score (nSPS) is 10.1. The van der Waals surface area contributed by atoms with Gasteiger partial charge in [0.25, 0.3) is 0 Å². The van der Waals surface area contributed by atoms with Crippen molar-refractivity contribution in [3.05, 3.63) is 0 Å². The van der Waals surface area contributed by atoms with E-state index in [1.807, 2.05) is 11.9 Å². The molecule has 0 atom stereocenters. The van der Waals surface area contributed by atoms with Crippen LogP contribution in [0.5, 0.6) is 0 Å². The Balaban J connectivity index is 3.43. The predicted octanol–water partition coefficient (Wildman–Crippen LogP) is 0.375. The molecule has 0 radical (unpaired) electrons. The number of carbonyl (C=O) groups is 1. The van der Waals surface area contributed by atoms with Gasteiger partial charge in [-0.25, -0.2) is 0 Å². The van der Waals surface area contributed by atoms with E-state index >= 15 is 0 Å². The predicted molar refractivity (Wildman–Crippen MR) is 61.8 cm³/mol. The first-order valence-corrected chi connectivity index (χ1v) is 5.51. The highest BCUT2D eigenvalue weighted by atomic mass is 16.5. The second kappa shape index (κ2) is 10.4. The molecule has 0 aromatic heterocycles. The molecule has 16 heavy (non-hydrogen) atoms. The molecule has 5 heteroatoms. The number of unbranched alkanes of at least 4 members (excludes halogenated alkanes) is 1. The maximum absolute atomic E-state index is 11.4. The van der Waals surface area contributed by atoms with E-state index in [4.69, 9.17) is 10.00 Å². The van der Waals surface area contributed by atoms with Crippen LogP contribution in [-0.2, 0) is 9.53 Å². The van der Waals surface area contributed by atoms with Gasteiger partial charge in [0.05, 0.1) is 12.6 Å². The number of amides is 1. The Morgan fingerprint density at radius 3 is 2.88 bits per heavy atom. The van der Waals surface area contributed by atoms with E-state index in [1.54, 1.807) is 7.11 Å². The molecule has 0 rings (SSSR count). The van der Waals surface area contributed by atoms with Crippen LogP contribution >= 0.6 is 0 Å². The number of ether oxygens (including phenoxy) is 1. The number of methoxy groups -OCH3 is 1. The van der Waals surface area contributed by atoms with E-state index in [9.17, 15) is 4.79 Å². The van der Waals surface area contributed by atoms with Gasteiger partial charge in [0.15, 0.2) is 0 Å². The Hall–Kier alpha value is -1.12. The van der Waals surface area contributed by atoms with Crippen LogP contribution in [0.25, 0.3) is 0 Å². The average molecular weight is 227 g/mol. The molecule has 5 nitrogen and oxygen atoms in total. The number of hydrogen-bond acceptors (Lipinski definition) is 4. The number of carbonyl (C=O) groups excluding carboxylic acids is 1. The summed E-state index contributed by atoms with van der Waals surface area (Å²) in [5, 5.41) is 11.2. The number of likely N-dealkylation sites (N-methyl/N-ethyl adjacent to an activating group) is 1. The lowest BCUT2D eigenvalue weighted by Gasteiger charge is -2.15. The zero-order valence-corrected chi connectivity index (χ0v) is 10.2. The topological polar surface area (TPSA) is 65.4 Å². The largest absolute Gasteiger partial charge is 0.385 e. The van der Waals surface area contributed by atoms with Gasteiger partial charge in [-0.05, 0) is 26.4 Å². The number of hydrogen-bond donors (Lipinski definition) is 1. The van der Waals surface area contributed by atoms with E-state index in [0.717, 1.165) is 19.4 Å². The first-order valence-electron chi connectivity index (χ1n) is 5.51. The summed E-state index contributed by atoms with van der Waals surface area (Å²) in [6, 6.07) is 2.08. The van der Waals surface area contributed by atoms with Crippen molar-refractivity contribution in [3.8, 4) is 6.07 Å². The summed E-state index contributed by atoms with van der Waals surface area (Å²) in [6.07, 6.45) is 2.18. The van der Waals surface area contributed by atoms with Gasteiger partial charge in [-0.2, -0.15) is 5.26 Å². The molecule has 1 amide bonds. The Bertz CT molecular complexity index is 226. The fraction of sp³-hybridized carbons (Fsp3) is 0.818. The third-order valence-corrected chi connectivity index (χ3v) is 2.09. The van der Waals surface area contributed by atoms with Gasteiger partial charge in [0.2, 0.25) is 5.91 Å². The van der Waals surface area contributed by atoms with Crippen molar-refractivity contribution in [2.45, 2.75) is 19.3 Å². The van der Waals surface area contributed by atoms with Gasteiger partial charge in [0, 0.05) is 26.7 Å². The van der Waals surface area contributed by atoms with Gasteiger partial charge in [0.1, 0.15) is 0 Å². The second-order valence-electron chi connectivity index (χ2n) is 3.70. The molecule has 0 unspecified atom stereocenters. The SMILES string of the molecule is COCCCNC(=O)CN(C)CCCC#N. The zero-order valence-electron chi connectivity index (χ0n) is 10.2. The molecule has 0 bridgehead atoms. The molecular weight excluding hydrogens is 206 g/mol. The lowest BCUT2D eigenvalue weighted by atomic mass is 10.3. The summed E-state index contributed by atoms with van der Waals surface area (Å²) in [6.45, 7) is 2.48. The number of rotatable bonds is 9. The summed E-state index contributed by atoms with van der Waals surface area (Å²) in [4.78, 5) is 13.3. The van der Waals surface area contributed by atoms with Gasteiger partial charge in [-0.15, -0.1) is 0 Å². The average Bonchev–Trinajstić information content (AvgIpc) is 2.25. The van der Waals surface area contributed by atoms with Gasteiger partial charge in [-0.3, -0.25) is 9.69 Å². The van der Waals surface area contributed by atoms with Gasteiger partial charge < -0.3 is 10.1 Å². The fourth-order valence-corrected chi connectivity index (χ4v) is 1.25. The summed E-state index contributed by atoms with van der Waals surface area (Å²) < 4.78 is 4.88. The Kier molecular flexibility index (Phi) is 9.67. The molecule has 0 aliphatic carbocycles. The number of nitriles is 1. The van der Waals surface area contributed by atoms with Crippen molar-refractivity contribution >= 4 is 5.91 Å². The molecular formula is C11H21N3O2. The zero-order chi connectivity index (χ0) is 12.2. The summed E-state index contributed by atoms with van der Waals surface area (Å²) in [7, 11) is 3.52.